The second-order valence-electron chi connectivity index (χ2n) is 6.18. The van der Waals surface area contributed by atoms with Crippen LogP contribution in [0.25, 0.3) is 0 Å². The molecule has 0 spiro atoms. The minimum absolute atomic E-state index is 0. The number of rotatable bonds is 9. The molecule has 0 bridgehead atoms. The fraction of sp³-hybridized carbons (Fsp3) is 0.538. The summed E-state index contributed by atoms with van der Waals surface area (Å²) in [6.45, 7) is -0.767. The van der Waals surface area contributed by atoms with Gasteiger partial charge in [-0.15, -0.1) is 0 Å². The maximum Gasteiger partial charge on any atom is 0.469 e. The van der Waals surface area contributed by atoms with Crippen molar-refractivity contribution < 1.29 is 58.4 Å². The third-order valence-electron chi connectivity index (χ3n) is 4.05. The van der Waals surface area contributed by atoms with Gasteiger partial charge in [0.2, 0.25) is 0 Å². The van der Waals surface area contributed by atoms with Crippen LogP contribution in [-0.4, -0.2) is 186 Å². The van der Waals surface area contributed by atoms with Gasteiger partial charge in [-0.2, -0.15) is 0 Å². The Bertz CT molecular complexity index is 879. The molecule has 172 valence electrons. The van der Waals surface area contributed by atoms with Crippen molar-refractivity contribution >= 4 is 129 Å². The van der Waals surface area contributed by atoms with Crippen molar-refractivity contribution in [1.82, 2.24) is 14.9 Å². The number of ether oxygens (including phenoxy) is 1. The summed E-state index contributed by atoms with van der Waals surface area (Å²) in [5.74, 6) is -4.61. The number of carbonyl (C=O) groups is 3. The van der Waals surface area contributed by atoms with Crippen LogP contribution in [0.2, 0.25) is 0 Å². The van der Waals surface area contributed by atoms with Gasteiger partial charge in [0.25, 0.3) is 5.91 Å². The summed E-state index contributed by atoms with van der Waals surface area (Å²) in [6.07, 6.45) is -6.03. The summed E-state index contributed by atoms with van der Waals surface area (Å²) in [5.41, 5.74) is 5.27. The number of nitrogens with zero attached hydrogens (tertiary/aromatic N) is 2. The van der Waals surface area contributed by atoms with E-state index in [0.29, 0.717) is 0 Å². The molecule has 1 aromatic rings. The van der Waals surface area contributed by atoms with Gasteiger partial charge in [0.1, 0.15) is 30.2 Å². The number of carboxylic acids is 2. The number of aromatic nitrogens is 2. The van der Waals surface area contributed by atoms with Crippen molar-refractivity contribution in [2.75, 3.05) is 12.3 Å². The monoisotopic (exact) mass is 730 g/mol. The third kappa shape index (κ3) is 8.65. The molecule has 4 radical (unpaired) electrons. The van der Waals surface area contributed by atoms with Crippen molar-refractivity contribution in [3.05, 3.63) is 12.0 Å². The van der Waals surface area contributed by atoms with E-state index in [1.165, 1.54) is 0 Å². The Morgan fingerprint density at radius 1 is 1.25 bits per heavy atom. The minimum Gasteiger partial charge on any atom is -0.481 e. The van der Waals surface area contributed by atoms with Gasteiger partial charge in [-0.1, -0.05) is 0 Å². The number of imidazole rings is 1. The first kappa shape index (κ1) is 32.6. The standard InChI is InChI=1S/C13H19N4O12P.2Ba/c14-10-7(11(22)16-4(13(23)24)1-6(18)19)15-3-17(10)12-9(21)8(20)5(29-12)2-28-30(25,26)27;;/h3-5,8-9,12,20-21H,1-2,14H2,(H,16,22)(H,18,19)(H,23,24)(H2,25,26,27);;/t4-,5+,8+,9+,12+;;/m0../s1. The smallest absolute Gasteiger partial charge is 0.469 e. The van der Waals surface area contributed by atoms with Crippen LogP contribution in [0.3, 0.4) is 0 Å². The zero-order chi connectivity index (χ0) is 22.8. The topological polar surface area (TPSA) is 264 Å². The number of nitrogen functional groups attached to an aromatic ring is 1. The molecule has 1 fully saturated rings. The van der Waals surface area contributed by atoms with Crippen LogP contribution in [0, 0.1) is 0 Å². The molecule has 1 aliphatic rings. The first-order valence-corrected chi connectivity index (χ1v) is 9.64. The molecule has 1 saturated heterocycles. The number of hydrogen-bond acceptors (Lipinski definition) is 10. The Morgan fingerprint density at radius 2 is 1.84 bits per heavy atom. The maximum atomic E-state index is 12.2. The molecule has 2 heterocycles. The summed E-state index contributed by atoms with van der Waals surface area (Å²) >= 11 is 0. The molecular formula is C13H19Ba2N4O12P. The molecule has 2 rings (SSSR count). The van der Waals surface area contributed by atoms with Gasteiger partial charge in [0, 0.05) is 97.8 Å². The van der Waals surface area contributed by atoms with E-state index >= 15 is 0 Å². The normalized spacial score (nSPS) is 23.5. The van der Waals surface area contributed by atoms with Crippen molar-refractivity contribution in [3.8, 4) is 0 Å². The SMILES string of the molecule is Nc1c(C(=O)N[C@@H](CC(=O)O)C(=O)O)ncn1[C@@H]1O[C@H](COP(=O)(O)O)[C@@H](O)[C@H]1O.[Ba].[Ba]. The average molecular weight is 729 g/mol. The van der Waals surface area contributed by atoms with E-state index in [-0.39, 0.29) is 97.8 Å². The van der Waals surface area contributed by atoms with Crippen LogP contribution in [0.4, 0.5) is 5.82 Å². The number of phosphoric acid groups is 1. The second-order valence-corrected chi connectivity index (χ2v) is 7.42. The van der Waals surface area contributed by atoms with Crippen LogP contribution in [0.5, 0.6) is 0 Å². The summed E-state index contributed by atoms with van der Waals surface area (Å²) in [7, 11) is -4.87. The molecular weight excluding hydrogens is 710 g/mol. The van der Waals surface area contributed by atoms with Gasteiger partial charge in [-0.25, -0.2) is 14.3 Å². The molecule has 19 heteroatoms. The van der Waals surface area contributed by atoms with Crippen molar-refractivity contribution in [1.29, 1.82) is 0 Å². The summed E-state index contributed by atoms with van der Waals surface area (Å²) in [5, 5.41) is 39.7. The van der Waals surface area contributed by atoms with Crippen LogP contribution in [0.15, 0.2) is 6.33 Å². The van der Waals surface area contributed by atoms with E-state index in [0.717, 1.165) is 10.9 Å². The summed E-state index contributed by atoms with van der Waals surface area (Å²) in [6, 6.07) is -1.76. The largest absolute Gasteiger partial charge is 0.481 e. The first-order valence-electron chi connectivity index (χ1n) is 8.11. The van der Waals surface area contributed by atoms with Crippen molar-refractivity contribution in [3.63, 3.8) is 0 Å². The van der Waals surface area contributed by atoms with E-state index < -0.39 is 80.8 Å². The molecule has 0 saturated carbocycles. The van der Waals surface area contributed by atoms with Gasteiger partial charge in [-0.05, 0) is 0 Å². The average Bonchev–Trinajstić information content (AvgIpc) is 3.12. The van der Waals surface area contributed by atoms with E-state index in [4.69, 9.17) is 30.5 Å². The molecule has 1 amide bonds. The number of aliphatic hydroxyl groups excluding tert-OH is 2. The number of hydrogen-bond donors (Lipinski definition) is 8. The number of phosphoric ester groups is 1. The number of nitrogens with two attached hydrogens (primary N) is 1. The van der Waals surface area contributed by atoms with Crippen LogP contribution >= 0.6 is 7.82 Å². The number of nitrogens with one attached hydrogen (secondary N) is 1. The fourth-order valence-corrected chi connectivity index (χ4v) is 2.96. The van der Waals surface area contributed by atoms with E-state index in [1.807, 2.05) is 5.32 Å². The Hall–Kier alpha value is 0.553. The number of anilines is 1. The zero-order valence-corrected chi connectivity index (χ0v) is 26.1. The molecule has 0 aromatic carbocycles. The number of amides is 1. The van der Waals surface area contributed by atoms with Crippen molar-refractivity contribution in [2.24, 2.45) is 0 Å². The molecule has 9 N–H and O–H groups in total. The number of aliphatic carboxylic acids is 2. The Morgan fingerprint density at radius 3 is 2.34 bits per heavy atom. The molecule has 1 aliphatic heterocycles. The number of carbonyl (C=O) groups excluding carboxylic acids is 1. The van der Waals surface area contributed by atoms with Crippen LogP contribution < -0.4 is 11.1 Å². The maximum absolute atomic E-state index is 12.2. The van der Waals surface area contributed by atoms with E-state index in [9.17, 15) is 29.2 Å². The van der Waals surface area contributed by atoms with Gasteiger partial charge < -0.3 is 46.0 Å². The molecule has 0 aliphatic carbocycles. The Kier molecular flexibility index (Phi) is 13.8. The zero-order valence-electron chi connectivity index (χ0n) is 16.3. The summed E-state index contributed by atoms with van der Waals surface area (Å²) < 4.78 is 21.2. The molecule has 32 heavy (non-hydrogen) atoms. The first-order chi connectivity index (χ1) is 13.8. The van der Waals surface area contributed by atoms with Gasteiger partial charge in [0.05, 0.1) is 19.4 Å². The van der Waals surface area contributed by atoms with Gasteiger partial charge in [-0.3, -0.25) is 18.7 Å². The molecule has 5 atom stereocenters. The molecule has 1 aromatic heterocycles. The van der Waals surface area contributed by atoms with Gasteiger partial charge in [0.15, 0.2) is 11.9 Å². The third-order valence-corrected chi connectivity index (χ3v) is 4.53. The quantitative estimate of drug-likeness (QED) is 0.0893. The Labute approximate surface area is 260 Å². The predicted molar refractivity (Wildman–Crippen MR) is 103 cm³/mol. The van der Waals surface area contributed by atoms with Crippen molar-refractivity contribution in [2.45, 2.75) is 37.0 Å². The molecule has 16 nitrogen and oxygen atoms in total. The number of aliphatic hydroxyl groups is 2. The van der Waals surface area contributed by atoms with Gasteiger partial charge >= 0.3 is 19.8 Å². The fourth-order valence-electron chi connectivity index (χ4n) is 2.62. The van der Waals surface area contributed by atoms with E-state index in [2.05, 4.69) is 9.51 Å². The van der Waals surface area contributed by atoms with Crippen LogP contribution in [-0.2, 0) is 23.4 Å². The predicted octanol–water partition coefficient (Wildman–Crippen LogP) is -3.91. The molecule has 0 unspecified atom stereocenters. The summed E-state index contributed by atoms with van der Waals surface area (Å²) in [4.78, 5) is 55.1. The number of carboxylic acid groups (broad SMARTS) is 2. The Balaban J connectivity index is 0.00000480. The second kappa shape index (κ2) is 13.6. The van der Waals surface area contributed by atoms with Crippen LogP contribution in [0.1, 0.15) is 23.1 Å². The minimum atomic E-state index is -4.87. The van der Waals surface area contributed by atoms with E-state index in [1.54, 1.807) is 0 Å².